The Balaban J connectivity index is 1.44. The summed E-state index contributed by atoms with van der Waals surface area (Å²) in [7, 11) is 0. The summed E-state index contributed by atoms with van der Waals surface area (Å²) >= 11 is 0. The van der Waals surface area contributed by atoms with Crippen LogP contribution in [0.15, 0.2) is 42.7 Å². The maximum atomic E-state index is 12.9. The van der Waals surface area contributed by atoms with Crippen LogP contribution in [0.2, 0.25) is 0 Å². The van der Waals surface area contributed by atoms with Gasteiger partial charge in [0.2, 0.25) is 5.91 Å². The van der Waals surface area contributed by atoms with Crippen molar-refractivity contribution in [3.8, 4) is 0 Å². The van der Waals surface area contributed by atoms with Crippen LogP contribution in [-0.4, -0.2) is 89.2 Å². The van der Waals surface area contributed by atoms with Gasteiger partial charge < -0.3 is 30.7 Å². The number of ether oxygens (including phenoxy) is 1. The van der Waals surface area contributed by atoms with E-state index in [-0.39, 0.29) is 32.8 Å². The molecule has 1 aromatic carbocycles. The fourth-order valence-corrected chi connectivity index (χ4v) is 4.12. The number of benzene rings is 1. The first-order valence-electron chi connectivity index (χ1n) is 11.3. The number of hydrogen-bond acceptors (Lipinski definition) is 7. The first kappa shape index (κ1) is 24.9. The molecule has 2 atom stereocenters. The monoisotopic (exact) mass is 473 g/mol. The highest BCUT2D eigenvalue weighted by Crippen LogP contribution is 2.32. The first-order valence-corrected chi connectivity index (χ1v) is 11.3. The van der Waals surface area contributed by atoms with Crippen molar-refractivity contribution in [2.75, 3.05) is 39.3 Å². The molecule has 2 saturated heterocycles. The van der Waals surface area contributed by atoms with Crippen molar-refractivity contribution >= 4 is 24.0 Å². The number of rotatable bonds is 9. The molecule has 1 aromatic rings. The Kier molecular flexibility index (Phi) is 8.34. The van der Waals surface area contributed by atoms with Gasteiger partial charge in [-0.05, 0) is 18.4 Å². The van der Waals surface area contributed by atoms with E-state index in [1.54, 1.807) is 0 Å². The molecule has 1 unspecified atom stereocenters. The van der Waals surface area contributed by atoms with Gasteiger partial charge in [0.15, 0.2) is 6.04 Å². The molecular formula is C23H31N5O6. The molecule has 0 aliphatic carbocycles. The molecule has 4 N–H and O–H groups in total. The van der Waals surface area contributed by atoms with Gasteiger partial charge in [-0.1, -0.05) is 36.9 Å². The average Bonchev–Trinajstić information content (AvgIpc) is 2.82. The van der Waals surface area contributed by atoms with E-state index in [2.05, 4.69) is 11.9 Å². The lowest BCUT2D eigenvalue weighted by Gasteiger charge is -2.46. The van der Waals surface area contributed by atoms with Crippen molar-refractivity contribution in [3.63, 3.8) is 0 Å². The van der Waals surface area contributed by atoms with E-state index in [9.17, 15) is 24.3 Å². The van der Waals surface area contributed by atoms with Gasteiger partial charge in [0.1, 0.15) is 0 Å². The summed E-state index contributed by atoms with van der Waals surface area (Å²) in [5, 5.41) is 12.4. The number of likely N-dealkylation sites (tertiary alicyclic amines) is 1. The maximum Gasteiger partial charge on any atom is 0.409 e. The lowest BCUT2D eigenvalue weighted by Crippen LogP contribution is -2.69. The van der Waals surface area contributed by atoms with E-state index in [1.807, 2.05) is 30.3 Å². The molecule has 184 valence electrons. The number of nitrogens with two attached hydrogens (primary N) is 1. The number of nitrogens with one attached hydrogen (secondary N) is 1. The third-order valence-corrected chi connectivity index (χ3v) is 5.98. The summed E-state index contributed by atoms with van der Waals surface area (Å²) in [6, 6.07) is 7.84. The third kappa shape index (κ3) is 5.97. The molecule has 11 heteroatoms. The Morgan fingerprint density at radius 1 is 1.12 bits per heavy atom. The molecule has 0 spiro atoms. The lowest BCUT2D eigenvalue weighted by atomic mass is 9.83. The molecule has 0 saturated carbocycles. The predicted octanol–water partition coefficient (Wildman–Crippen LogP) is 0.815. The molecule has 2 heterocycles. The van der Waals surface area contributed by atoms with Gasteiger partial charge in [0.25, 0.3) is 0 Å². The fraction of sp³-hybridized carbons (Fsp3) is 0.478. The summed E-state index contributed by atoms with van der Waals surface area (Å²) in [5.41, 5.74) is 6.49. The van der Waals surface area contributed by atoms with Gasteiger partial charge in [-0.25, -0.2) is 19.3 Å². The average molecular weight is 474 g/mol. The lowest BCUT2D eigenvalue weighted by molar-refractivity contribution is -0.167. The Hall–Kier alpha value is -3.76. The molecule has 0 aromatic heterocycles. The minimum absolute atomic E-state index is 0.190. The summed E-state index contributed by atoms with van der Waals surface area (Å²) in [4.78, 5) is 53.2. The van der Waals surface area contributed by atoms with Gasteiger partial charge in [0, 0.05) is 39.1 Å². The number of carboxylic acid groups (broad SMARTS) is 1. The minimum atomic E-state index is -1.21. The van der Waals surface area contributed by atoms with Crippen LogP contribution in [0, 0.1) is 5.92 Å². The zero-order valence-electron chi connectivity index (χ0n) is 19.0. The van der Waals surface area contributed by atoms with Crippen LogP contribution >= 0.6 is 0 Å². The number of carbonyl (C=O) groups excluding carboxylic acids is 3. The topological polar surface area (TPSA) is 146 Å². The molecule has 2 fully saturated rings. The molecule has 2 aliphatic heterocycles. The van der Waals surface area contributed by atoms with Crippen LogP contribution < -0.4 is 11.1 Å². The van der Waals surface area contributed by atoms with Crippen molar-refractivity contribution < 1.29 is 29.0 Å². The molecule has 2 aliphatic rings. The maximum absolute atomic E-state index is 12.9. The van der Waals surface area contributed by atoms with Gasteiger partial charge in [-0.3, -0.25) is 4.79 Å². The summed E-state index contributed by atoms with van der Waals surface area (Å²) < 4.78 is 5.32. The zero-order chi connectivity index (χ0) is 24.7. The molecule has 4 amide bonds. The molecule has 0 radical (unpaired) electrons. The second kappa shape index (κ2) is 11.4. The SMILES string of the molecule is C=C(N)NCCC[C@H]1C(=O)N(C(=O)N2CCN(C(=O)OCCc3ccccc3)CC2)C1C(=O)O. The normalized spacial score (nSPS) is 19.9. The number of piperazine rings is 1. The predicted molar refractivity (Wildman–Crippen MR) is 122 cm³/mol. The van der Waals surface area contributed by atoms with Crippen LogP contribution in [0.5, 0.6) is 0 Å². The number of hydrogen-bond donors (Lipinski definition) is 3. The molecule has 34 heavy (non-hydrogen) atoms. The van der Waals surface area contributed by atoms with Crippen molar-refractivity contribution in [1.29, 1.82) is 0 Å². The van der Waals surface area contributed by atoms with Gasteiger partial charge >= 0.3 is 18.1 Å². The van der Waals surface area contributed by atoms with Crippen LogP contribution in [-0.2, 0) is 20.7 Å². The van der Waals surface area contributed by atoms with Crippen molar-refractivity contribution in [2.24, 2.45) is 11.7 Å². The number of imide groups is 1. The number of carboxylic acids is 1. The number of urea groups is 1. The standard InChI is InChI=1S/C23H31N5O6/c1-16(24)25-10-5-8-18-19(21(30)31)28(20(18)29)22(32)26-11-13-27(14-12-26)23(33)34-15-9-17-6-3-2-4-7-17/h2-4,6-7,18-19,25H,1,5,8-15,24H2,(H,30,31)/t18-,19?/m1/s1. The summed E-state index contributed by atoms with van der Waals surface area (Å²) in [6.45, 7) is 5.09. The van der Waals surface area contributed by atoms with Crippen molar-refractivity contribution in [3.05, 3.63) is 48.3 Å². The summed E-state index contributed by atoms with van der Waals surface area (Å²) in [6.07, 6.45) is 0.989. The van der Waals surface area contributed by atoms with Gasteiger partial charge in [0.05, 0.1) is 18.3 Å². The highest BCUT2D eigenvalue weighted by Gasteiger charge is 2.55. The van der Waals surface area contributed by atoms with E-state index in [0.29, 0.717) is 31.6 Å². The molecule has 0 bridgehead atoms. The van der Waals surface area contributed by atoms with Gasteiger partial charge in [-0.2, -0.15) is 0 Å². The quantitative estimate of drug-likeness (QED) is 0.353. The molecular weight excluding hydrogens is 442 g/mol. The Morgan fingerprint density at radius 3 is 2.38 bits per heavy atom. The Morgan fingerprint density at radius 2 is 1.76 bits per heavy atom. The smallest absolute Gasteiger partial charge is 0.409 e. The second-order valence-corrected chi connectivity index (χ2v) is 8.30. The van der Waals surface area contributed by atoms with E-state index in [1.165, 1.54) is 9.80 Å². The minimum Gasteiger partial charge on any atom is -0.480 e. The van der Waals surface area contributed by atoms with Crippen LogP contribution in [0.1, 0.15) is 18.4 Å². The number of amides is 4. The van der Waals surface area contributed by atoms with Gasteiger partial charge in [-0.15, -0.1) is 0 Å². The summed E-state index contributed by atoms with van der Waals surface area (Å²) in [5.74, 6) is -2.16. The van der Waals surface area contributed by atoms with E-state index >= 15 is 0 Å². The van der Waals surface area contributed by atoms with Crippen LogP contribution in [0.25, 0.3) is 0 Å². The number of aliphatic carboxylic acids is 1. The third-order valence-electron chi connectivity index (χ3n) is 5.98. The van der Waals surface area contributed by atoms with E-state index < -0.39 is 36.0 Å². The largest absolute Gasteiger partial charge is 0.480 e. The highest BCUT2D eigenvalue weighted by atomic mass is 16.6. The zero-order valence-corrected chi connectivity index (χ0v) is 19.0. The number of nitrogens with zero attached hydrogens (tertiary/aromatic N) is 3. The first-order chi connectivity index (χ1) is 16.3. The van der Waals surface area contributed by atoms with E-state index in [4.69, 9.17) is 10.5 Å². The van der Waals surface area contributed by atoms with Crippen LogP contribution in [0.4, 0.5) is 9.59 Å². The highest BCUT2D eigenvalue weighted by molar-refractivity contribution is 6.07. The number of β-lactam (4-membered cyclic amide) rings is 1. The Bertz CT molecular complexity index is 916. The Labute approximate surface area is 198 Å². The number of carbonyl (C=O) groups is 4. The van der Waals surface area contributed by atoms with Crippen LogP contribution in [0.3, 0.4) is 0 Å². The van der Waals surface area contributed by atoms with E-state index in [0.717, 1.165) is 10.5 Å². The van der Waals surface area contributed by atoms with Crippen molar-refractivity contribution in [1.82, 2.24) is 20.0 Å². The fourth-order valence-electron chi connectivity index (χ4n) is 4.12. The second-order valence-electron chi connectivity index (χ2n) is 8.30. The molecule has 3 rings (SSSR count). The molecule has 11 nitrogen and oxygen atoms in total. The van der Waals surface area contributed by atoms with Crippen molar-refractivity contribution in [2.45, 2.75) is 25.3 Å².